The first-order valence-electron chi connectivity index (χ1n) is 8.64. The molecule has 118 valence electrons. The summed E-state index contributed by atoms with van der Waals surface area (Å²) < 4.78 is 0. The molecule has 2 N–H and O–H groups in total. The minimum atomic E-state index is -0.704. The molecule has 4 nitrogen and oxygen atoms in total. The third kappa shape index (κ3) is 3.41. The van der Waals surface area contributed by atoms with Gasteiger partial charge in [0.05, 0.1) is 5.92 Å². The van der Waals surface area contributed by atoms with E-state index >= 15 is 0 Å². The summed E-state index contributed by atoms with van der Waals surface area (Å²) in [5, 5.41) is 12.1. The number of amides is 1. The minimum absolute atomic E-state index is 0.0422. The van der Waals surface area contributed by atoms with Gasteiger partial charge in [-0.15, -0.1) is 0 Å². The van der Waals surface area contributed by atoms with Crippen LogP contribution in [0.15, 0.2) is 0 Å². The molecule has 2 bridgehead atoms. The molecule has 0 aromatic carbocycles. The van der Waals surface area contributed by atoms with Gasteiger partial charge in [0.25, 0.3) is 0 Å². The molecule has 0 aromatic heterocycles. The third-order valence-corrected chi connectivity index (χ3v) is 6.15. The lowest BCUT2D eigenvalue weighted by molar-refractivity contribution is -0.144. The number of hydrogen-bond acceptors (Lipinski definition) is 2. The molecule has 3 rings (SSSR count). The average Bonchev–Trinajstić information content (AvgIpc) is 3.10. The van der Waals surface area contributed by atoms with Crippen LogP contribution in [-0.2, 0) is 9.59 Å². The molecule has 3 aliphatic rings. The van der Waals surface area contributed by atoms with Crippen LogP contribution in [0, 0.1) is 29.6 Å². The zero-order valence-corrected chi connectivity index (χ0v) is 12.7. The molecule has 3 atom stereocenters. The summed E-state index contributed by atoms with van der Waals surface area (Å²) in [4.78, 5) is 23.1. The molecule has 3 saturated carbocycles. The molecule has 0 radical (unpaired) electrons. The second-order valence-corrected chi connectivity index (χ2v) is 7.40. The highest BCUT2D eigenvalue weighted by Gasteiger charge is 2.39. The minimum Gasteiger partial charge on any atom is -0.481 e. The maximum absolute atomic E-state index is 12.1. The van der Waals surface area contributed by atoms with Crippen LogP contribution in [0.5, 0.6) is 0 Å². The Labute approximate surface area is 126 Å². The van der Waals surface area contributed by atoms with Crippen molar-refractivity contribution in [2.45, 2.75) is 57.8 Å². The van der Waals surface area contributed by atoms with Crippen molar-refractivity contribution in [1.29, 1.82) is 0 Å². The lowest BCUT2D eigenvalue weighted by Crippen LogP contribution is -2.35. The number of carbonyl (C=O) groups is 2. The van der Waals surface area contributed by atoms with Crippen LogP contribution in [0.3, 0.4) is 0 Å². The summed E-state index contributed by atoms with van der Waals surface area (Å²) in [5.74, 6) is 2.00. The van der Waals surface area contributed by atoms with Crippen LogP contribution >= 0.6 is 0 Å². The van der Waals surface area contributed by atoms with Gasteiger partial charge >= 0.3 is 5.97 Å². The normalized spacial score (nSPS) is 38.4. The number of rotatable bonds is 5. The van der Waals surface area contributed by atoms with Crippen molar-refractivity contribution in [3.63, 3.8) is 0 Å². The lowest BCUT2D eigenvalue weighted by atomic mass is 9.81. The Morgan fingerprint density at radius 2 is 1.67 bits per heavy atom. The van der Waals surface area contributed by atoms with Gasteiger partial charge in [0.15, 0.2) is 0 Å². The van der Waals surface area contributed by atoms with E-state index in [2.05, 4.69) is 5.32 Å². The standard InChI is InChI=1S/C17H27NO3/c19-16(12-3-5-13(6-4-12)17(20)21)18-8-7-15-10-11-1-2-14(15)9-11/h11-15H,1-10H2,(H,18,19)(H,20,21). The third-order valence-electron chi connectivity index (χ3n) is 6.15. The molecule has 0 aromatic rings. The van der Waals surface area contributed by atoms with Gasteiger partial charge in [-0.3, -0.25) is 9.59 Å². The zero-order valence-electron chi connectivity index (χ0n) is 12.7. The first kappa shape index (κ1) is 14.9. The zero-order chi connectivity index (χ0) is 14.8. The summed E-state index contributed by atoms with van der Waals surface area (Å²) in [6.07, 6.45) is 9.55. The number of carboxylic acids is 1. The summed E-state index contributed by atoms with van der Waals surface area (Å²) in [5.41, 5.74) is 0. The van der Waals surface area contributed by atoms with E-state index in [4.69, 9.17) is 5.11 Å². The van der Waals surface area contributed by atoms with E-state index in [0.29, 0.717) is 12.8 Å². The van der Waals surface area contributed by atoms with Crippen LogP contribution in [0.1, 0.15) is 57.8 Å². The maximum atomic E-state index is 12.1. The molecule has 0 saturated heterocycles. The Morgan fingerprint density at radius 1 is 0.952 bits per heavy atom. The monoisotopic (exact) mass is 293 g/mol. The number of carboxylic acid groups (broad SMARTS) is 1. The maximum Gasteiger partial charge on any atom is 0.306 e. The molecule has 0 aliphatic heterocycles. The van der Waals surface area contributed by atoms with Crippen molar-refractivity contribution < 1.29 is 14.7 Å². The van der Waals surface area contributed by atoms with Crippen molar-refractivity contribution in [3.05, 3.63) is 0 Å². The van der Waals surface area contributed by atoms with Crippen molar-refractivity contribution in [2.75, 3.05) is 6.54 Å². The average molecular weight is 293 g/mol. The van der Waals surface area contributed by atoms with Crippen molar-refractivity contribution in [3.8, 4) is 0 Å². The number of fused-ring (bicyclic) bond motifs is 2. The van der Waals surface area contributed by atoms with Gasteiger partial charge < -0.3 is 10.4 Å². The van der Waals surface area contributed by atoms with Gasteiger partial charge in [0.2, 0.25) is 5.91 Å². The Morgan fingerprint density at radius 3 is 2.24 bits per heavy atom. The molecule has 3 aliphatic carbocycles. The largest absolute Gasteiger partial charge is 0.481 e. The summed E-state index contributed by atoms with van der Waals surface area (Å²) >= 11 is 0. The molecule has 1 amide bonds. The SMILES string of the molecule is O=C(O)C1CCC(C(=O)NCCC2CC3CCC2C3)CC1. The van der Waals surface area contributed by atoms with Crippen LogP contribution < -0.4 is 5.32 Å². The van der Waals surface area contributed by atoms with Gasteiger partial charge in [-0.1, -0.05) is 6.42 Å². The van der Waals surface area contributed by atoms with Crippen molar-refractivity contribution in [2.24, 2.45) is 29.6 Å². The fourth-order valence-corrected chi connectivity index (χ4v) is 4.86. The summed E-state index contributed by atoms with van der Waals surface area (Å²) in [6.45, 7) is 0.811. The molecule has 0 spiro atoms. The van der Waals surface area contributed by atoms with E-state index in [1.54, 1.807) is 0 Å². The fourth-order valence-electron chi connectivity index (χ4n) is 4.86. The van der Waals surface area contributed by atoms with Crippen LogP contribution in [0.2, 0.25) is 0 Å². The molecular formula is C17H27NO3. The molecule has 3 fully saturated rings. The fraction of sp³-hybridized carbons (Fsp3) is 0.882. The topological polar surface area (TPSA) is 66.4 Å². The van der Waals surface area contributed by atoms with E-state index in [1.165, 1.54) is 25.7 Å². The Balaban J connectivity index is 1.34. The first-order chi connectivity index (χ1) is 10.1. The highest BCUT2D eigenvalue weighted by Crippen LogP contribution is 2.49. The van der Waals surface area contributed by atoms with Crippen molar-refractivity contribution in [1.82, 2.24) is 5.32 Å². The predicted octanol–water partition coefficient (Wildman–Crippen LogP) is 2.82. The van der Waals surface area contributed by atoms with E-state index < -0.39 is 5.97 Å². The number of hydrogen-bond donors (Lipinski definition) is 2. The second-order valence-electron chi connectivity index (χ2n) is 7.40. The van der Waals surface area contributed by atoms with Gasteiger partial charge in [-0.25, -0.2) is 0 Å². The van der Waals surface area contributed by atoms with Crippen LogP contribution in [0.25, 0.3) is 0 Å². The van der Waals surface area contributed by atoms with Gasteiger partial charge in [-0.05, 0) is 69.1 Å². The molecular weight excluding hydrogens is 266 g/mol. The molecule has 4 heteroatoms. The molecule has 21 heavy (non-hydrogen) atoms. The first-order valence-corrected chi connectivity index (χ1v) is 8.64. The number of carbonyl (C=O) groups excluding carboxylic acids is 1. The van der Waals surface area contributed by atoms with E-state index in [9.17, 15) is 9.59 Å². The Kier molecular flexibility index (Phi) is 4.51. The van der Waals surface area contributed by atoms with Crippen molar-refractivity contribution >= 4 is 11.9 Å². The quantitative estimate of drug-likeness (QED) is 0.819. The van der Waals surface area contributed by atoms with Crippen LogP contribution in [-0.4, -0.2) is 23.5 Å². The molecule has 3 unspecified atom stereocenters. The highest BCUT2D eigenvalue weighted by molar-refractivity contribution is 5.79. The van der Waals surface area contributed by atoms with Gasteiger partial charge in [-0.2, -0.15) is 0 Å². The summed E-state index contributed by atoms with van der Waals surface area (Å²) in [6, 6.07) is 0. The second kappa shape index (κ2) is 6.37. The van der Waals surface area contributed by atoms with E-state index in [1.807, 2.05) is 0 Å². The number of nitrogens with one attached hydrogen (secondary N) is 1. The Hall–Kier alpha value is -1.06. The van der Waals surface area contributed by atoms with E-state index in [-0.39, 0.29) is 17.7 Å². The van der Waals surface area contributed by atoms with Crippen LogP contribution in [0.4, 0.5) is 0 Å². The molecule has 0 heterocycles. The highest BCUT2D eigenvalue weighted by atomic mass is 16.4. The smallest absolute Gasteiger partial charge is 0.306 e. The van der Waals surface area contributed by atoms with Gasteiger partial charge in [0.1, 0.15) is 0 Å². The van der Waals surface area contributed by atoms with E-state index in [0.717, 1.165) is 43.6 Å². The summed E-state index contributed by atoms with van der Waals surface area (Å²) in [7, 11) is 0. The Bertz CT molecular complexity index is 401. The van der Waals surface area contributed by atoms with Gasteiger partial charge in [0, 0.05) is 12.5 Å². The number of aliphatic carboxylic acids is 1. The lowest BCUT2D eigenvalue weighted by Gasteiger charge is -2.26. The predicted molar refractivity (Wildman–Crippen MR) is 79.6 cm³/mol.